The highest BCUT2D eigenvalue weighted by molar-refractivity contribution is 5.92. The van der Waals surface area contributed by atoms with Crippen LogP contribution in [0.25, 0.3) is 0 Å². The highest BCUT2D eigenvalue weighted by Gasteiger charge is 2.42. The zero-order valence-electron chi connectivity index (χ0n) is 12.1. The van der Waals surface area contributed by atoms with E-state index in [1.54, 1.807) is 0 Å². The Labute approximate surface area is 129 Å². The molecule has 128 valence electrons. The number of rotatable bonds is 6. The highest BCUT2D eigenvalue weighted by atomic mass is 16.7. The van der Waals surface area contributed by atoms with Crippen molar-refractivity contribution in [1.29, 1.82) is 0 Å². The molecule has 0 unspecified atom stereocenters. The number of carboxylic acids is 3. The van der Waals surface area contributed by atoms with Gasteiger partial charge in [0, 0.05) is 6.92 Å². The summed E-state index contributed by atoms with van der Waals surface area (Å²) in [5.74, 6) is -6.07. The molecule has 1 fully saturated rings. The maximum atomic E-state index is 12.3. The third-order valence-electron chi connectivity index (χ3n) is 3.06. The lowest BCUT2D eigenvalue weighted by molar-refractivity contribution is -0.246. The number of hydrogen-bond acceptors (Lipinski definition) is 6. The van der Waals surface area contributed by atoms with E-state index in [0.29, 0.717) is 5.06 Å². The Kier molecular flexibility index (Phi) is 6.02. The molecule has 23 heavy (non-hydrogen) atoms. The van der Waals surface area contributed by atoms with Crippen molar-refractivity contribution in [3.05, 3.63) is 0 Å². The van der Waals surface area contributed by atoms with E-state index in [-0.39, 0.29) is 12.8 Å². The summed E-state index contributed by atoms with van der Waals surface area (Å²) in [5, 5.41) is 29.2. The Morgan fingerprint density at radius 1 is 1.13 bits per heavy atom. The van der Waals surface area contributed by atoms with Gasteiger partial charge in [-0.2, -0.15) is 0 Å². The van der Waals surface area contributed by atoms with E-state index in [1.807, 2.05) is 0 Å². The number of carboxylic acid groups (broad SMARTS) is 3. The number of carbonyl (C=O) groups excluding carboxylic acids is 2. The molecule has 0 radical (unpaired) electrons. The minimum atomic E-state index is -1.57. The lowest BCUT2D eigenvalue weighted by atomic mass is 10.0. The van der Waals surface area contributed by atoms with Crippen molar-refractivity contribution in [2.24, 2.45) is 0 Å². The van der Waals surface area contributed by atoms with Gasteiger partial charge in [0.25, 0.3) is 5.91 Å². The van der Waals surface area contributed by atoms with Gasteiger partial charge in [0.15, 0.2) is 12.1 Å². The first-order valence-corrected chi connectivity index (χ1v) is 6.57. The smallest absolute Gasteiger partial charge is 0.335 e. The molecule has 0 aromatic rings. The molecule has 0 aliphatic carbocycles. The van der Waals surface area contributed by atoms with Gasteiger partial charge in [-0.05, 0) is 12.8 Å². The van der Waals surface area contributed by atoms with E-state index >= 15 is 0 Å². The molecule has 0 aromatic carbocycles. The number of aliphatic carboxylic acids is 3. The zero-order valence-corrected chi connectivity index (χ0v) is 12.1. The molecule has 11 nitrogen and oxygen atoms in total. The number of amides is 2. The van der Waals surface area contributed by atoms with Crippen molar-refractivity contribution in [2.75, 3.05) is 0 Å². The average molecular weight is 332 g/mol. The number of hydrogen-bond donors (Lipinski definition) is 4. The van der Waals surface area contributed by atoms with Crippen molar-refractivity contribution in [3.63, 3.8) is 0 Å². The van der Waals surface area contributed by atoms with Crippen LogP contribution in [0.3, 0.4) is 0 Å². The Bertz CT molecular complexity index is 517. The molecular weight excluding hydrogens is 316 g/mol. The third-order valence-corrected chi connectivity index (χ3v) is 3.06. The average Bonchev–Trinajstić information content (AvgIpc) is 2.43. The predicted molar refractivity (Wildman–Crippen MR) is 69.9 cm³/mol. The number of hydroxylamine groups is 2. The van der Waals surface area contributed by atoms with Gasteiger partial charge in [0.05, 0.1) is 6.42 Å². The first-order chi connectivity index (χ1) is 10.6. The fourth-order valence-corrected chi connectivity index (χ4v) is 2.06. The maximum absolute atomic E-state index is 12.3. The van der Waals surface area contributed by atoms with Crippen LogP contribution in [0.15, 0.2) is 0 Å². The quantitative estimate of drug-likeness (QED) is 0.448. The SMILES string of the molecule is CC(=O)N[C@@H](CC(=O)O)C(=O)N1O[C@@H](C(=O)O)CC[C@H]1C(=O)O. The van der Waals surface area contributed by atoms with Crippen molar-refractivity contribution in [2.45, 2.75) is 44.4 Å². The summed E-state index contributed by atoms with van der Waals surface area (Å²) in [5.41, 5.74) is 0. The lowest BCUT2D eigenvalue weighted by Gasteiger charge is -2.36. The Balaban J connectivity index is 3.03. The van der Waals surface area contributed by atoms with Gasteiger partial charge in [-0.3, -0.25) is 19.2 Å². The van der Waals surface area contributed by atoms with Crippen molar-refractivity contribution >= 4 is 29.7 Å². The molecule has 0 bridgehead atoms. The van der Waals surface area contributed by atoms with Crippen LogP contribution < -0.4 is 5.32 Å². The molecular formula is C12H16N2O9. The topological polar surface area (TPSA) is 171 Å². The van der Waals surface area contributed by atoms with Gasteiger partial charge < -0.3 is 20.6 Å². The minimum absolute atomic E-state index is 0.125. The van der Waals surface area contributed by atoms with Crippen LogP contribution in [-0.4, -0.2) is 68.3 Å². The van der Waals surface area contributed by atoms with Crippen LogP contribution >= 0.6 is 0 Å². The highest BCUT2D eigenvalue weighted by Crippen LogP contribution is 2.22. The summed E-state index contributed by atoms with van der Waals surface area (Å²) in [6.07, 6.45) is -2.54. The first kappa shape index (κ1) is 18.4. The fraction of sp³-hybridized carbons (Fsp3) is 0.583. The van der Waals surface area contributed by atoms with E-state index < -0.39 is 54.3 Å². The van der Waals surface area contributed by atoms with Gasteiger partial charge in [0.2, 0.25) is 5.91 Å². The predicted octanol–water partition coefficient (Wildman–Crippen LogP) is -1.57. The Morgan fingerprint density at radius 2 is 1.74 bits per heavy atom. The van der Waals surface area contributed by atoms with E-state index in [0.717, 1.165) is 6.92 Å². The Morgan fingerprint density at radius 3 is 2.17 bits per heavy atom. The summed E-state index contributed by atoms with van der Waals surface area (Å²) in [4.78, 5) is 61.2. The fourth-order valence-electron chi connectivity index (χ4n) is 2.06. The van der Waals surface area contributed by atoms with Gasteiger partial charge in [0.1, 0.15) is 6.04 Å². The molecule has 2 amide bonds. The first-order valence-electron chi connectivity index (χ1n) is 6.57. The largest absolute Gasteiger partial charge is 0.481 e. The number of nitrogens with one attached hydrogen (secondary N) is 1. The van der Waals surface area contributed by atoms with Gasteiger partial charge >= 0.3 is 17.9 Å². The zero-order chi connectivity index (χ0) is 17.7. The molecule has 3 atom stereocenters. The Hall–Kier alpha value is -2.69. The monoisotopic (exact) mass is 332 g/mol. The standard InChI is InChI=1S/C12H16N2O9/c1-5(15)13-6(4-9(16)17)10(18)14-7(11(19)20)2-3-8(23-14)12(21)22/h6-8H,2-4H2,1H3,(H,13,15)(H,16,17)(H,19,20)(H,21,22)/t6-,7-,8+/m0/s1. The second-order valence-corrected chi connectivity index (χ2v) is 4.88. The summed E-state index contributed by atoms with van der Waals surface area (Å²) < 4.78 is 0. The molecule has 11 heteroatoms. The molecule has 1 aliphatic rings. The minimum Gasteiger partial charge on any atom is -0.481 e. The van der Waals surface area contributed by atoms with Crippen molar-refractivity contribution in [1.82, 2.24) is 10.4 Å². The van der Waals surface area contributed by atoms with Crippen LogP contribution in [0.1, 0.15) is 26.2 Å². The van der Waals surface area contributed by atoms with Crippen LogP contribution in [-0.2, 0) is 28.8 Å². The molecule has 0 saturated carbocycles. The molecule has 0 spiro atoms. The third kappa shape index (κ3) is 4.92. The second kappa shape index (κ2) is 7.54. The van der Waals surface area contributed by atoms with Crippen molar-refractivity contribution in [3.8, 4) is 0 Å². The molecule has 1 aliphatic heterocycles. The number of nitrogens with zero attached hydrogens (tertiary/aromatic N) is 1. The normalized spacial score (nSPS) is 22.0. The molecule has 4 N–H and O–H groups in total. The summed E-state index contributed by atoms with van der Waals surface area (Å²) in [7, 11) is 0. The van der Waals surface area contributed by atoms with E-state index in [2.05, 4.69) is 5.32 Å². The van der Waals surface area contributed by atoms with E-state index in [4.69, 9.17) is 20.2 Å². The molecule has 1 saturated heterocycles. The van der Waals surface area contributed by atoms with Crippen LogP contribution in [0, 0.1) is 0 Å². The van der Waals surface area contributed by atoms with Gasteiger partial charge in [-0.15, -0.1) is 0 Å². The van der Waals surface area contributed by atoms with Gasteiger partial charge in [-0.25, -0.2) is 14.7 Å². The number of carbonyl (C=O) groups is 5. The summed E-state index contributed by atoms with van der Waals surface area (Å²) in [6.45, 7) is 1.05. The molecule has 1 rings (SSSR count). The van der Waals surface area contributed by atoms with E-state index in [1.165, 1.54) is 0 Å². The second-order valence-electron chi connectivity index (χ2n) is 4.88. The maximum Gasteiger partial charge on any atom is 0.335 e. The van der Waals surface area contributed by atoms with E-state index in [9.17, 15) is 24.0 Å². The molecule has 1 heterocycles. The van der Waals surface area contributed by atoms with Gasteiger partial charge in [-0.1, -0.05) is 0 Å². The molecule has 0 aromatic heterocycles. The van der Waals surface area contributed by atoms with Crippen LogP contribution in [0.2, 0.25) is 0 Å². The summed E-state index contributed by atoms with van der Waals surface area (Å²) >= 11 is 0. The van der Waals surface area contributed by atoms with Crippen LogP contribution in [0.4, 0.5) is 0 Å². The lowest BCUT2D eigenvalue weighted by Crippen LogP contribution is -2.58. The van der Waals surface area contributed by atoms with Crippen molar-refractivity contribution < 1.29 is 44.1 Å². The van der Waals surface area contributed by atoms with Crippen LogP contribution in [0.5, 0.6) is 0 Å². The summed E-state index contributed by atoms with van der Waals surface area (Å²) in [6, 6.07) is -3.04.